The van der Waals surface area contributed by atoms with Crippen LogP contribution in [0.1, 0.15) is 21.6 Å². The Hall–Kier alpha value is -2.96. The lowest BCUT2D eigenvalue weighted by molar-refractivity contribution is 0.0696. The van der Waals surface area contributed by atoms with E-state index in [1.807, 2.05) is 6.20 Å². The van der Waals surface area contributed by atoms with Crippen molar-refractivity contribution in [3.05, 3.63) is 57.9 Å². The molecule has 0 radical (unpaired) electrons. The molecular weight excluding hydrogens is 284 g/mol. The van der Waals surface area contributed by atoms with E-state index in [9.17, 15) is 9.59 Å². The highest BCUT2D eigenvalue weighted by atomic mass is 16.4. The van der Waals surface area contributed by atoms with E-state index >= 15 is 0 Å². The van der Waals surface area contributed by atoms with Crippen LogP contribution in [0.4, 0.5) is 0 Å². The van der Waals surface area contributed by atoms with E-state index in [-0.39, 0.29) is 11.1 Å². The number of pyridine rings is 2. The van der Waals surface area contributed by atoms with Crippen molar-refractivity contribution >= 4 is 16.9 Å². The van der Waals surface area contributed by atoms with Crippen molar-refractivity contribution < 1.29 is 9.90 Å². The van der Waals surface area contributed by atoms with Gasteiger partial charge < -0.3 is 9.67 Å². The molecule has 0 aliphatic carbocycles. The van der Waals surface area contributed by atoms with Crippen molar-refractivity contribution in [3.63, 3.8) is 0 Å². The fourth-order valence-electron chi connectivity index (χ4n) is 2.40. The first-order valence-corrected chi connectivity index (χ1v) is 6.67. The normalized spacial score (nSPS) is 11.0. The summed E-state index contributed by atoms with van der Waals surface area (Å²) in [6.07, 6.45) is 5.17. The number of aromatic carboxylic acids is 1. The van der Waals surface area contributed by atoms with Crippen molar-refractivity contribution in [1.82, 2.24) is 19.3 Å². The van der Waals surface area contributed by atoms with Gasteiger partial charge >= 0.3 is 5.97 Å². The molecule has 0 aromatic carbocycles. The first kappa shape index (κ1) is 14.0. The first-order valence-electron chi connectivity index (χ1n) is 6.67. The van der Waals surface area contributed by atoms with E-state index in [0.29, 0.717) is 23.1 Å². The van der Waals surface area contributed by atoms with E-state index in [1.54, 1.807) is 37.1 Å². The van der Waals surface area contributed by atoms with Crippen LogP contribution in [-0.4, -0.2) is 30.4 Å². The number of aryl methyl sites for hydroxylation is 2. The third-order valence-corrected chi connectivity index (χ3v) is 3.49. The summed E-state index contributed by atoms with van der Waals surface area (Å²) in [6.45, 7) is 1.99. The molecule has 0 aliphatic rings. The minimum Gasteiger partial charge on any atom is -0.478 e. The molecule has 3 heterocycles. The maximum Gasteiger partial charge on any atom is 0.337 e. The molecule has 0 aliphatic heterocycles. The van der Waals surface area contributed by atoms with E-state index in [1.165, 1.54) is 10.6 Å². The molecule has 7 heteroatoms. The molecule has 3 rings (SSSR count). The Bertz CT molecular complexity index is 940. The summed E-state index contributed by atoms with van der Waals surface area (Å²) in [5, 5.41) is 13.5. The van der Waals surface area contributed by atoms with Crippen LogP contribution in [0.15, 0.2) is 35.5 Å². The molecule has 0 bridgehead atoms. The van der Waals surface area contributed by atoms with Crippen LogP contribution in [0.25, 0.3) is 10.9 Å². The number of hydrogen-bond acceptors (Lipinski definition) is 4. The van der Waals surface area contributed by atoms with Gasteiger partial charge in [0.1, 0.15) is 0 Å². The van der Waals surface area contributed by atoms with E-state index in [4.69, 9.17) is 5.11 Å². The van der Waals surface area contributed by atoms with Crippen molar-refractivity contribution in [3.8, 4) is 0 Å². The predicted molar refractivity (Wildman–Crippen MR) is 80.0 cm³/mol. The van der Waals surface area contributed by atoms with Gasteiger partial charge in [0.2, 0.25) is 0 Å². The third-order valence-electron chi connectivity index (χ3n) is 3.49. The molecule has 0 saturated heterocycles. The minimum absolute atomic E-state index is 0.0451. The zero-order valence-corrected chi connectivity index (χ0v) is 12.1. The Morgan fingerprint density at radius 3 is 2.82 bits per heavy atom. The zero-order chi connectivity index (χ0) is 15.9. The van der Waals surface area contributed by atoms with Crippen molar-refractivity contribution in [1.29, 1.82) is 0 Å². The average Bonchev–Trinajstić information content (AvgIpc) is 2.86. The summed E-state index contributed by atoms with van der Waals surface area (Å²) in [5.74, 6) is -1.09. The molecule has 112 valence electrons. The van der Waals surface area contributed by atoms with Crippen LogP contribution < -0.4 is 5.56 Å². The molecule has 22 heavy (non-hydrogen) atoms. The van der Waals surface area contributed by atoms with Gasteiger partial charge in [-0.3, -0.25) is 14.5 Å². The molecule has 0 amide bonds. The largest absolute Gasteiger partial charge is 0.478 e. The lowest BCUT2D eigenvalue weighted by Gasteiger charge is -2.07. The second kappa shape index (κ2) is 5.10. The highest BCUT2D eigenvalue weighted by molar-refractivity contribution is 5.93. The number of carboxylic acid groups (broad SMARTS) is 1. The molecule has 0 spiro atoms. The fourth-order valence-corrected chi connectivity index (χ4v) is 2.40. The summed E-state index contributed by atoms with van der Waals surface area (Å²) in [4.78, 5) is 27.9. The Labute approximate surface area is 125 Å². The molecule has 7 nitrogen and oxygen atoms in total. The highest BCUT2D eigenvalue weighted by Gasteiger charge is 2.13. The van der Waals surface area contributed by atoms with Crippen LogP contribution in [-0.2, 0) is 13.6 Å². The first-order chi connectivity index (χ1) is 10.5. The van der Waals surface area contributed by atoms with E-state index in [2.05, 4.69) is 10.1 Å². The second-order valence-electron chi connectivity index (χ2n) is 5.13. The number of rotatable bonds is 3. The van der Waals surface area contributed by atoms with Crippen molar-refractivity contribution in [2.24, 2.45) is 7.05 Å². The number of carboxylic acids is 1. The van der Waals surface area contributed by atoms with Crippen LogP contribution in [0.2, 0.25) is 0 Å². The zero-order valence-electron chi connectivity index (χ0n) is 12.1. The van der Waals surface area contributed by atoms with Crippen LogP contribution >= 0.6 is 0 Å². The van der Waals surface area contributed by atoms with E-state index < -0.39 is 5.97 Å². The molecule has 0 atom stereocenters. The van der Waals surface area contributed by atoms with Gasteiger partial charge in [-0.05, 0) is 19.1 Å². The molecular formula is C15H14N4O3. The number of aromatic nitrogens is 4. The SMILES string of the molecule is Cc1nc2ccn(Cc3cnn(C)c3)c(=O)c2cc1C(=O)O. The molecule has 3 aromatic rings. The Balaban J connectivity index is 2.14. The number of carbonyl (C=O) groups is 1. The van der Waals surface area contributed by atoms with E-state index in [0.717, 1.165) is 5.56 Å². The van der Waals surface area contributed by atoms with Gasteiger partial charge in [-0.2, -0.15) is 5.10 Å². The van der Waals surface area contributed by atoms with Crippen LogP contribution in [0.3, 0.4) is 0 Å². The molecule has 0 unspecified atom stereocenters. The Kier molecular flexibility index (Phi) is 3.25. The lowest BCUT2D eigenvalue weighted by atomic mass is 10.1. The van der Waals surface area contributed by atoms with Gasteiger partial charge in [0.25, 0.3) is 5.56 Å². The van der Waals surface area contributed by atoms with Crippen LogP contribution in [0.5, 0.6) is 0 Å². The fraction of sp³-hybridized carbons (Fsp3) is 0.200. The van der Waals surface area contributed by atoms with Crippen LogP contribution in [0, 0.1) is 6.92 Å². The quantitative estimate of drug-likeness (QED) is 0.784. The minimum atomic E-state index is -1.09. The average molecular weight is 298 g/mol. The summed E-state index contributed by atoms with van der Waals surface area (Å²) in [6, 6.07) is 3.10. The highest BCUT2D eigenvalue weighted by Crippen LogP contribution is 2.14. The van der Waals surface area contributed by atoms with Gasteiger partial charge in [-0.1, -0.05) is 0 Å². The number of nitrogens with zero attached hydrogens (tertiary/aromatic N) is 4. The summed E-state index contributed by atoms with van der Waals surface area (Å²) in [5.41, 5.74) is 1.56. The van der Waals surface area contributed by atoms with Crippen molar-refractivity contribution in [2.75, 3.05) is 0 Å². The number of fused-ring (bicyclic) bond motifs is 1. The second-order valence-corrected chi connectivity index (χ2v) is 5.13. The molecule has 1 N–H and O–H groups in total. The molecule has 3 aromatic heterocycles. The summed E-state index contributed by atoms with van der Waals surface area (Å²) < 4.78 is 3.18. The topological polar surface area (TPSA) is 90.0 Å². The number of hydrogen-bond donors (Lipinski definition) is 1. The predicted octanol–water partition coefficient (Wildman–Crippen LogP) is 1.18. The Morgan fingerprint density at radius 1 is 1.41 bits per heavy atom. The third kappa shape index (κ3) is 2.37. The van der Waals surface area contributed by atoms with Gasteiger partial charge in [-0.25, -0.2) is 4.79 Å². The smallest absolute Gasteiger partial charge is 0.337 e. The van der Waals surface area contributed by atoms with Gasteiger partial charge in [0.05, 0.1) is 34.9 Å². The standard InChI is InChI=1S/C15H14N4O3/c1-9-11(15(21)22)5-12-13(17-9)3-4-19(14(12)20)8-10-6-16-18(2)7-10/h3-7H,8H2,1-2H3,(H,21,22). The van der Waals surface area contributed by atoms with Gasteiger partial charge in [0, 0.05) is 25.0 Å². The summed E-state index contributed by atoms with van der Waals surface area (Å²) in [7, 11) is 1.80. The maximum absolute atomic E-state index is 12.5. The monoisotopic (exact) mass is 298 g/mol. The van der Waals surface area contributed by atoms with Gasteiger partial charge in [0.15, 0.2) is 0 Å². The maximum atomic E-state index is 12.5. The molecule has 0 fully saturated rings. The van der Waals surface area contributed by atoms with Crippen molar-refractivity contribution in [2.45, 2.75) is 13.5 Å². The molecule has 0 saturated carbocycles. The van der Waals surface area contributed by atoms with Gasteiger partial charge in [-0.15, -0.1) is 0 Å². The lowest BCUT2D eigenvalue weighted by Crippen LogP contribution is -2.21. The Morgan fingerprint density at radius 2 is 2.18 bits per heavy atom. The summed E-state index contributed by atoms with van der Waals surface area (Å²) >= 11 is 0.